The van der Waals surface area contributed by atoms with Crippen LogP contribution in [0.4, 0.5) is 17.5 Å². The Morgan fingerprint density at radius 1 is 1.24 bits per heavy atom. The standard InChI is InChI=1S/C28H37N7O.C2H6S.CH4.H2O.H2/c1-19-15-21(9-10-22(19)20-11-13-34(3)14-12-20)31-27-30-16-23-26(33-27)35(17-28(23,2)18-36-4)25-8-6-5-7-24(29)32-25;1-3-2;;;/h5,7-10,15-16,20H,6,11-14,17-18H2,1-4H3,(H2,29,32)(H,30,31,33);1-2H3;1H4;1H2;1H/t28-;;;;/m1..../s1. The van der Waals surface area contributed by atoms with E-state index in [-0.39, 0.29) is 19.7 Å². The van der Waals surface area contributed by atoms with Crippen molar-refractivity contribution in [2.24, 2.45) is 10.7 Å². The number of hydrogen-bond acceptors (Lipinski definition) is 9. The third kappa shape index (κ3) is 8.09. The fraction of sp³-hybridized carbons (Fsp3) is 0.516. The van der Waals surface area contributed by atoms with E-state index in [9.17, 15) is 0 Å². The lowest BCUT2D eigenvalue weighted by molar-refractivity contribution is 0.145. The third-order valence-corrected chi connectivity index (χ3v) is 7.57. The number of ether oxygens (including phenoxy) is 1. The lowest BCUT2D eigenvalue weighted by Gasteiger charge is -2.30. The van der Waals surface area contributed by atoms with Gasteiger partial charge in [-0.15, -0.1) is 0 Å². The molecule has 0 aliphatic carbocycles. The van der Waals surface area contributed by atoms with E-state index in [1.165, 1.54) is 24.0 Å². The molecule has 10 heteroatoms. The molecule has 5 rings (SSSR count). The summed E-state index contributed by atoms with van der Waals surface area (Å²) in [5.41, 5.74) is 10.6. The first-order chi connectivity index (χ1) is 18.8. The van der Waals surface area contributed by atoms with Crippen LogP contribution in [0.5, 0.6) is 0 Å². The summed E-state index contributed by atoms with van der Waals surface area (Å²) in [5, 5.41) is 3.43. The summed E-state index contributed by atoms with van der Waals surface area (Å²) in [5.74, 6) is 3.34. The monoisotopic (exact) mass is 585 g/mol. The van der Waals surface area contributed by atoms with E-state index < -0.39 is 0 Å². The van der Waals surface area contributed by atoms with Crippen LogP contribution >= 0.6 is 11.8 Å². The van der Waals surface area contributed by atoms with E-state index in [0.29, 0.717) is 30.9 Å². The fourth-order valence-corrected chi connectivity index (χ4v) is 5.61. The van der Waals surface area contributed by atoms with Crippen LogP contribution in [0.1, 0.15) is 57.6 Å². The number of methoxy groups -OCH3 is 1. The van der Waals surface area contributed by atoms with Crippen molar-refractivity contribution < 1.29 is 11.6 Å². The van der Waals surface area contributed by atoms with Gasteiger partial charge in [0.25, 0.3) is 0 Å². The van der Waals surface area contributed by atoms with E-state index in [1.54, 1.807) is 18.9 Å². The molecule has 5 N–H and O–H groups in total. The minimum absolute atomic E-state index is 0. The molecular weight excluding hydrogens is 534 g/mol. The van der Waals surface area contributed by atoms with Crippen LogP contribution in [0.3, 0.4) is 0 Å². The number of aliphatic imine (C=N–C) groups is 1. The molecule has 1 aromatic heterocycles. The average molecular weight is 586 g/mol. The first-order valence-corrected chi connectivity index (χ1v) is 15.2. The average Bonchev–Trinajstić information content (AvgIpc) is 3.03. The van der Waals surface area contributed by atoms with Crippen LogP contribution in [0, 0.1) is 6.92 Å². The van der Waals surface area contributed by atoms with Crippen molar-refractivity contribution in [3.8, 4) is 0 Å². The van der Waals surface area contributed by atoms with Gasteiger partial charge in [-0.05, 0) is 100 Å². The second-order valence-corrected chi connectivity index (χ2v) is 11.7. The summed E-state index contributed by atoms with van der Waals surface area (Å²) in [6, 6.07) is 6.62. The maximum absolute atomic E-state index is 6.08. The molecule has 0 radical (unpaired) electrons. The number of hydrogen-bond donors (Lipinski definition) is 2. The molecule has 3 aliphatic rings. The Morgan fingerprint density at radius 2 is 1.95 bits per heavy atom. The molecule has 0 unspecified atom stereocenters. The van der Waals surface area contributed by atoms with Gasteiger partial charge in [-0.1, -0.05) is 26.5 Å². The van der Waals surface area contributed by atoms with Gasteiger partial charge >= 0.3 is 0 Å². The number of aryl methyl sites for hydroxylation is 1. The Hall–Kier alpha value is -2.92. The topological polar surface area (TPSA) is 123 Å². The zero-order chi connectivity index (χ0) is 28.0. The number of benzene rings is 1. The predicted molar refractivity (Wildman–Crippen MR) is 178 cm³/mol. The first-order valence-electron chi connectivity index (χ1n) is 13.6. The van der Waals surface area contributed by atoms with Crippen molar-refractivity contribution in [3.63, 3.8) is 0 Å². The highest BCUT2D eigenvalue weighted by molar-refractivity contribution is 7.97. The van der Waals surface area contributed by atoms with Gasteiger partial charge in [0.15, 0.2) is 0 Å². The number of thioether (sulfide) groups is 1. The largest absolute Gasteiger partial charge is 0.412 e. The minimum Gasteiger partial charge on any atom is -0.412 e. The van der Waals surface area contributed by atoms with Crippen molar-refractivity contribution in [2.45, 2.75) is 51.9 Å². The molecule has 41 heavy (non-hydrogen) atoms. The number of nitrogens with two attached hydrogens (primary N) is 1. The smallest absolute Gasteiger partial charge is 0.229 e. The zero-order valence-electron chi connectivity index (χ0n) is 24.7. The summed E-state index contributed by atoms with van der Waals surface area (Å²) < 4.78 is 5.58. The number of nitrogens with one attached hydrogen (secondary N) is 1. The zero-order valence-corrected chi connectivity index (χ0v) is 25.5. The molecule has 1 atom stereocenters. The minimum atomic E-state index is -0.250. The normalized spacial score (nSPS) is 20.4. The van der Waals surface area contributed by atoms with Crippen LogP contribution in [0.25, 0.3) is 0 Å². The highest BCUT2D eigenvalue weighted by Gasteiger charge is 2.42. The summed E-state index contributed by atoms with van der Waals surface area (Å²) in [7, 11) is 3.93. The maximum Gasteiger partial charge on any atom is 0.229 e. The summed E-state index contributed by atoms with van der Waals surface area (Å²) in [4.78, 5) is 18.8. The summed E-state index contributed by atoms with van der Waals surface area (Å²) in [6.45, 7) is 7.96. The van der Waals surface area contributed by atoms with Gasteiger partial charge in [-0.25, -0.2) is 9.98 Å². The molecule has 3 aliphatic heterocycles. The first kappa shape index (κ1) is 34.3. The predicted octanol–water partition coefficient (Wildman–Crippen LogP) is 5.26. The van der Waals surface area contributed by atoms with E-state index in [4.69, 9.17) is 15.5 Å². The molecule has 0 spiro atoms. The quantitative estimate of drug-likeness (QED) is 0.471. The Bertz CT molecular complexity index is 1250. The van der Waals surface area contributed by atoms with Crippen molar-refractivity contribution >= 4 is 35.1 Å². The van der Waals surface area contributed by atoms with E-state index in [0.717, 1.165) is 42.4 Å². The third-order valence-electron chi connectivity index (χ3n) is 7.57. The van der Waals surface area contributed by atoms with Crippen molar-refractivity contribution in [1.82, 2.24) is 14.9 Å². The number of aromatic nitrogens is 2. The van der Waals surface area contributed by atoms with Crippen molar-refractivity contribution in [1.29, 1.82) is 0 Å². The van der Waals surface area contributed by atoms with Crippen LogP contribution in [-0.2, 0) is 10.2 Å². The van der Waals surface area contributed by atoms with Gasteiger partial charge in [0.1, 0.15) is 17.5 Å². The van der Waals surface area contributed by atoms with Crippen LogP contribution < -0.4 is 16.0 Å². The number of likely N-dealkylation sites (tertiary alicyclic amines) is 1. The SMILES string of the molecule is C.COC[C@@]1(C)CN(C2=CCC=CC(N)=N2)c2nc(Nc3ccc(C4CCN(C)CC4)c(C)c3)ncc21.CSC.O.[HH]. The van der Waals surface area contributed by atoms with Crippen molar-refractivity contribution in [2.75, 3.05) is 63.1 Å². The molecule has 1 fully saturated rings. The molecule has 0 saturated carbocycles. The molecular formula is C31H51N7O2S. The number of nitrogens with zero attached hydrogens (tertiary/aromatic N) is 5. The molecule has 0 bridgehead atoms. The Labute approximate surface area is 252 Å². The Kier molecular flexibility index (Phi) is 12.8. The van der Waals surface area contributed by atoms with Crippen LogP contribution in [0.2, 0.25) is 0 Å². The molecule has 2 aromatic rings. The second kappa shape index (κ2) is 15.3. The Morgan fingerprint density at radius 3 is 2.61 bits per heavy atom. The van der Waals surface area contributed by atoms with Gasteiger partial charge in [0, 0.05) is 37.9 Å². The second-order valence-electron chi connectivity index (χ2n) is 10.9. The molecule has 4 heterocycles. The number of allylic oxidation sites excluding steroid dienone is 2. The molecule has 9 nitrogen and oxygen atoms in total. The van der Waals surface area contributed by atoms with E-state index >= 15 is 0 Å². The maximum atomic E-state index is 6.08. The Balaban J connectivity index is 0.00000141. The number of rotatable bonds is 6. The molecule has 1 saturated heterocycles. The molecule has 1 aromatic carbocycles. The van der Waals surface area contributed by atoms with Crippen LogP contribution in [0.15, 0.2) is 53.4 Å². The van der Waals surface area contributed by atoms with Gasteiger partial charge in [0.05, 0.1) is 6.61 Å². The summed E-state index contributed by atoms with van der Waals surface area (Å²) >= 11 is 1.75. The van der Waals surface area contributed by atoms with E-state index in [2.05, 4.69) is 70.3 Å². The lowest BCUT2D eigenvalue weighted by atomic mass is 9.87. The molecule has 228 valence electrons. The fourth-order valence-electron chi connectivity index (χ4n) is 5.61. The van der Waals surface area contributed by atoms with Crippen LogP contribution in [-0.4, -0.2) is 79.1 Å². The highest BCUT2D eigenvalue weighted by atomic mass is 32.2. The number of amidine groups is 1. The molecule has 0 amide bonds. The highest BCUT2D eigenvalue weighted by Crippen LogP contribution is 2.42. The van der Waals surface area contributed by atoms with Gasteiger partial charge in [-0.2, -0.15) is 16.7 Å². The van der Waals surface area contributed by atoms with Gasteiger partial charge in [-0.3, -0.25) is 0 Å². The lowest BCUT2D eigenvalue weighted by Crippen LogP contribution is -2.34. The number of fused-ring (bicyclic) bond motifs is 1. The van der Waals surface area contributed by atoms with Gasteiger partial charge < -0.3 is 31.1 Å². The van der Waals surface area contributed by atoms with Crippen molar-refractivity contribution in [3.05, 3.63) is 65.1 Å². The summed E-state index contributed by atoms with van der Waals surface area (Å²) in [6.07, 6.45) is 15.1. The number of anilines is 3. The van der Waals surface area contributed by atoms with Gasteiger partial charge in [0.2, 0.25) is 5.95 Å². The number of piperidine rings is 1. The van der Waals surface area contributed by atoms with E-state index in [1.807, 2.05) is 30.9 Å².